The van der Waals surface area contributed by atoms with E-state index in [1.54, 1.807) is 6.07 Å². The first kappa shape index (κ1) is 13.6. The summed E-state index contributed by atoms with van der Waals surface area (Å²) < 4.78 is 12.8. The van der Waals surface area contributed by atoms with Crippen molar-refractivity contribution < 1.29 is 9.50 Å². The molecule has 1 fully saturated rings. The van der Waals surface area contributed by atoms with E-state index in [4.69, 9.17) is 11.6 Å². The number of aliphatic hydroxyl groups is 1. The predicted molar refractivity (Wildman–Crippen MR) is 71.6 cm³/mol. The molecule has 1 heterocycles. The van der Waals surface area contributed by atoms with E-state index < -0.39 is 6.10 Å². The molecule has 1 aliphatic heterocycles. The standard InChI is InChI=1S/C13H18ClFN2O/c14-12-7-10(15)3-4-13(12)16-8-11(18)9-17-5-1-2-6-17/h3-4,7,11,16,18H,1-2,5-6,8-9H2. The number of β-amino-alcohol motifs (C(OH)–C–C–N with tert-alkyl or cyclic N) is 1. The molecule has 5 heteroatoms. The van der Waals surface area contributed by atoms with Gasteiger partial charge in [0, 0.05) is 13.1 Å². The maximum Gasteiger partial charge on any atom is 0.124 e. The van der Waals surface area contributed by atoms with Crippen molar-refractivity contribution >= 4 is 17.3 Å². The third kappa shape index (κ3) is 3.83. The smallest absolute Gasteiger partial charge is 0.124 e. The van der Waals surface area contributed by atoms with E-state index >= 15 is 0 Å². The number of aliphatic hydroxyl groups excluding tert-OH is 1. The number of benzene rings is 1. The Morgan fingerprint density at radius 1 is 1.39 bits per heavy atom. The number of rotatable bonds is 5. The molecular weight excluding hydrogens is 255 g/mol. The van der Waals surface area contributed by atoms with Gasteiger partial charge in [0.1, 0.15) is 5.82 Å². The number of anilines is 1. The Labute approximate surface area is 112 Å². The van der Waals surface area contributed by atoms with Crippen LogP contribution in [-0.2, 0) is 0 Å². The molecule has 0 spiro atoms. The average molecular weight is 273 g/mol. The van der Waals surface area contributed by atoms with Gasteiger partial charge < -0.3 is 15.3 Å². The molecule has 1 unspecified atom stereocenters. The van der Waals surface area contributed by atoms with Crippen molar-refractivity contribution in [3.8, 4) is 0 Å². The Bertz CT molecular complexity index is 397. The lowest BCUT2D eigenvalue weighted by Crippen LogP contribution is -2.34. The zero-order chi connectivity index (χ0) is 13.0. The maximum atomic E-state index is 12.8. The highest BCUT2D eigenvalue weighted by molar-refractivity contribution is 6.33. The molecular formula is C13H18ClFN2O. The summed E-state index contributed by atoms with van der Waals surface area (Å²) >= 11 is 5.89. The third-order valence-electron chi connectivity index (χ3n) is 3.13. The average Bonchev–Trinajstić information content (AvgIpc) is 2.80. The van der Waals surface area contributed by atoms with E-state index in [9.17, 15) is 9.50 Å². The van der Waals surface area contributed by atoms with Gasteiger partial charge in [-0.05, 0) is 44.1 Å². The molecule has 1 aliphatic rings. The Kier molecular flexibility index (Phi) is 4.80. The highest BCUT2D eigenvalue weighted by Crippen LogP contribution is 2.22. The van der Waals surface area contributed by atoms with Crippen molar-refractivity contribution in [3.05, 3.63) is 29.0 Å². The van der Waals surface area contributed by atoms with Gasteiger partial charge in [0.25, 0.3) is 0 Å². The molecule has 1 atom stereocenters. The summed E-state index contributed by atoms with van der Waals surface area (Å²) in [5.74, 6) is -0.358. The number of hydrogen-bond donors (Lipinski definition) is 2. The van der Waals surface area contributed by atoms with Gasteiger partial charge in [-0.2, -0.15) is 0 Å². The van der Waals surface area contributed by atoms with Crippen LogP contribution in [0.2, 0.25) is 5.02 Å². The van der Waals surface area contributed by atoms with Crippen LogP contribution in [0.3, 0.4) is 0 Å². The van der Waals surface area contributed by atoms with Crippen molar-refractivity contribution in [2.24, 2.45) is 0 Å². The summed E-state index contributed by atoms with van der Waals surface area (Å²) in [5.41, 5.74) is 0.651. The predicted octanol–water partition coefficient (Wildman–Crippen LogP) is 2.35. The minimum Gasteiger partial charge on any atom is -0.390 e. The van der Waals surface area contributed by atoms with E-state index in [1.807, 2.05) is 0 Å². The lowest BCUT2D eigenvalue weighted by molar-refractivity contribution is 0.135. The minimum atomic E-state index is -0.441. The van der Waals surface area contributed by atoms with E-state index in [2.05, 4.69) is 10.2 Å². The lowest BCUT2D eigenvalue weighted by atomic mass is 10.2. The number of nitrogens with zero attached hydrogens (tertiary/aromatic N) is 1. The highest BCUT2D eigenvalue weighted by Gasteiger charge is 2.15. The second-order valence-electron chi connectivity index (χ2n) is 4.67. The fraction of sp³-hybridized carbons (Fsp3) is 0.538. The normalized spacial score (nSPS) is 17.9. The molecule has 18 heavy (non-hydrogen) atoms. The SMILES string of the molecule is OC(CNc1ccc(F)cc1Cl)CN1CCCC1. The molecule has 0 amide bonds. The molecule has 0 saturated carbocycles. The highest BCUT2D eigenvalue weighted by atomic mass is 35.5. The molecule has 2 N–H and O–H groups in total. The number of hydrogen-bond acceptors (Lipinski definition) is 3. The van der Waals surface area contributed by atoms with Crippen molar-refractivity contribution in [1.29, 1.82) is 0 Å². The summed E-state index contributed by atoms with van der Waals surface area (Å²) in [6.07, 6.45) is 1.98. The Morgan fingerprint density at radius 2 is 2.11 bits per heavy atom. The van der Waals surface area contributed by atoms with E-state index in [-0.39, 0.29) is 5.82 Å². The van der Waals surface area contributed by atoms with Crippen LogP contribution in [0, 0.1) is 5.82 Å². The fourth-order valence-corrected chi connectivity index (χ4v) is 2.42. The topological polar surface area (TPSA) is 35.5 Å². The molecule has 0 bridgehead atoms. The summed E-state index contributed by atoms with van der Waals surface area (Å²) in [4.78, 5) is 2.25. The van der Waals surface area contributed by atoms with E-state index in [0.29, 0.717) is 23.8 Å². The first-order chi connectivity index (χ1) is 8.65. The molecule has 3 nitrogen and oxygen atoms in total. The van der Waals surface area contributed by atoms with Crippen LogP contribution in [0.4, 0.5) is 10.1 Å². The number of nitrogens with one attached hydrogen (secondary N) is 1. The largest absolute Gasteiger partial charge is 0.390 e. The number of halogens is 2. The first-order valence-corrected chi connectivity index (χ1v) is 6.62. The number of likely N-dealkylation sites (tertiary alicyclic amines) is 1. The van der Waals surface area contributed by atoms with Crippen LogP contribution < -0.4 is 5.32 Å². The van der Waals surface area contributed by atoms with Crippen molar-refractivity contribution in [2.45, 2.75) is 18.9 Å². The van der Waals surface area contributed by atoms with Crippen molar-refractivity contribution in [3.63, 3.8) is 0 Å². The van der Waals surface area contributed by atoms with Crippen LogP contribution >= 0.6 is 11.6 Å². The van der Waals surface area contributed by atoms with Crippen LogP contribution in [0.15, 0.2) is 18.2 Å². The molecule has 0 radical (unpaired) electrons. The summed E-state index contributed by atoms with van der Waals surface area (Å²) in [6.45, 7) is 3.22. The van der Waals surface area contributed by atoms with Crippen molar-refractivity contribution in [1.82, 2.24) is 4.90 Å². The van der Waals surface area contributed by atoms with Gasteiger partial charge >= 0.3 is 0 Å². The van der Waals surface area contributed by atoms with Gasteiger partial charge in [-0.1, -0.05) is 11.6 Å². The molecule has 2 rings (SSSR count). The monoisotopic (exact) mass is 272 g/mol. The fourth-order valence-electron chi connectivity index (χ4n) is 2.19. The lowest BCUT2D eigenvalue weighted by Gasteiger charge is -2.20. The summed E-state index contributed by atoms with van der Waals surface area (Å²) in [7, 11) is 0. The Morgan fingerprint density at radius 3 is 2.78 bits per heavy atom. The minimum absolute atomic E-state index is 0.336. The van der Waals surface area contributed by atoms with E-state index in [0.717, 1.165) is 13.1 Å². The Hall–Kier alpha value is -0.840. The Balaban J connectivity index is 1.79. The van der Waals surface area contributed by atoms with Gasteiger partial charge in [0.15, 0.2) is 0 Å². The van der Waals surface area contributed by atoms with E-state index in [1.165, 1.54) is 25.0 Å². The summed E-state index contributed by atoms with van der Waals surface area (Å²) in [6, 6.07) is 4.19. The molecule has 0 aliphatic carbocycles. The molecule has 1 saturated heterocycles. The van der Waals surface area contributed by atoms with Gasteiger partial charge in [-0.3, -0.25) is 0 Å². The molecule has 1 aromatic rings. The van der Waals surface area contributed by atoms with Gasteiger partial charge in [0.2, 0.25) is 0 Å². The van der Waals surface area contributed by atoms with Gasteiger partial charge in [-0.15, -0.1) is 0 Å². The molecule has 0 aromatic heterocycles. The van der Waals surface area contributed by atoms with Crippen molar-refractivity contribution in [2.75, 3.05) is 31.5 Å². The molecule has 1 aromatic carbocycles. The van der Waals surface area contributed by atoms with Crippen LogP contribution in [0.25, 0.3) is 0 Å². The zero-order valence-electron chi connectivity index (χ0n) is 10.2. The van der Waals surface area contributed by atoms with Crippen LogP contribution in [-0.4, -0.2) is 42.3 Å². The zero-order valence-corrected chi connectivity index (χ0v) is 11.0. The van der Waals surface area contributed by atoms with Gasteiger partial charge in [0.05, 0.1) is 16.8 Å². The third-order valence-corrected chi connectivity index (χ3v) is 3.44. The van der Waals surface area contributed by atoms with Crippen LogP contribution in [0.1, 0.15) is 12.8 Å². The molecule has 100 valence electrons. The van der Waals surface area contributed by atoms with Crippen LogP contribution in [0.5, 0.6) is 0 Å². The second kappa shape index (κ2) is 6.36. The van der Waals surface area contributed by atoms with Gasteiger partial charge in [-0.25, -0.2) is 4.39 Å². The maximum absolute atomic E-state index is 12.8. The quantitative estimate of drug-likeness (QED) is 0.864. The first-order valence-electron chi connectivity index (χ1n) is 6.24. The summed E-state index contributed by atoms with van der Waals surface area (Å²) in [5, 5.41) is 13.3. The second-order valence-corrected chi connectivity index (χ2v) is 5.07.